The van der Waals surface area contributed by atoms with Gasteiger partial charge in [-0.15, -0.1) is 0 Å². The first kappa shape index (κ1) is 20.5. The lowest BCUT2D eigenvalue weighted by Gasteiger charge is -2.27. The summed E-state index contributed by atoms with van der Waals surface area (Å²) in [6, 6.07) is 10.1. The third-order valence-corrected chi connectivity index (χ3v) is 5.02. The van der Waals surface area contributed by atoms with Gasteiger partial charge in [0.15, 0.2) is 0 Å². The minimum atomic E-state index is -0.865. The van der Waals surface area contributed by atoms with Gasteiger partial charge in [0.05, 0.1) is 11.7 Å². The van der Waals surface area contributed by atoms with Gasteiger partial charge in [-0.05, 0) is 45.5 Å². The summed E-state index contributed by atoms with van der Waals surface area (Å²) in [6.07, 6.45) is 1.97. The molecule has 3 N–H and O–H groups in total. The quantitative estimate of drug-likeness (QED) is 0.670. The Morgan fingerprint density at radius 2 is 2.04 bits per heavy atom. The number of rotatable bonds is 7. The fourth-order valence-corrected chi connectivity index (χ4v) is 3.62. The zero-order valence-corrected chi connectivity index (χ0v) is 17.1. The summed E-state index contributed by atoms with van der Waals surface area (Å²) in [6.45, 7) is 5.62. The Morgan fingerprint density at radius 3 is 2.75 bits per heavy atom. The van der Waals surface area contributed by atoms with Crippen molar-refractivity contribution in [2.45, 2.75) is 44.6 Å². The predicted octanol–water partition coefficient (Wildman–Crippen LogP) is 1.82. The first-order valence-electron chi connectivity index (χ1n) is 9.69. The molecule has 7 nitrogen and oxygen atoms in total. The van der Waals surface area contributed by atoms with E-state index in [1.165, 1.54) is 0 Å². The average Bonchev–Trinajstić information content (AvgIpc) is 2.99. The van der Waals surface area contributed by atoms with Crippen LogP contribution in [-0.2, 0) is 12.1 Å². The maximum absolute atomic E-state index is 10.2. The standard InChI is InChI=1S/C21H31N5O2/c1-21(2,28)16-7-5-6-15(8-16)11-22-19-10-20(24-14-23-19)26-13-18(27)9-17(26)12-25(3)4/h5-8,10,14,17-18,27-28H,9,11-13H2,1-4H3,(H,22,23,24)/t17-,18-/m1/s1. The van der Waals surface area contributed by atoms with Crippen LogP contribution in [0.25, 0.3) is 0 Å². The van der Waals surface area contributed by atoms with E-state index in [1.807, 2.05) is 44.4 Å². The number of nitrogens with zero attached hydrogens (tertiary/aromatic N) is 4. The Kier molecular flexibility index (Phi) is 6.17. The lowest BCUT2D eigenvalue weighted by Crippen LogP contribution is -2.38. The van der Waals surface area contributed by atoms with E-state index < -0.39 is 5.60 Å². The Labute approximate surface area is 167 Å². The number of aliphatic hydroxyl groups excluding tert-OH is 1. The van der Waals surface area contributed by atoms with E-state index in [1.54, 1.807) is 20.2 Å². The van der Waals surface area contributed by atoms with E-state index in [-0.39, 0.29) is 12.1 Å². The Hall–Kier alpha value is -2.22. The van der Waals surface area contributed by atoms with E-state index in [9.17, 15) is 10.2 Å². The summed E-state index contributed by atoms with van der Waals surface area (Å²) in [5, 5.41) is 23.7. The third-order valence-electron chi connectivity index (χ3n) is 5.02. The highest BCUT2D eigenvalue weighted by Gasteiger charge is 2.32. The fraction of sp³-hybridized carbons (Fsp3) is 0.524. The molecule has 0 amide bonds. The zero-order chi connectivity index (χ0) is 20.3. The minimum Gasteiger partial charge on any atom is -0.391 e. The lowest BCUT2D eigenvalue weighted by molar-refractivity contribution is 0.0785. The van der Waals surface area contributed by atoms with Crippen LogP contribution in [0, 0.1) is 0 Å². The molecule has 1 fully saturated rings. The molecule has 1 saturated heterocycles. The molecule has 0 aliphatic carbocycles. The predicted molar refractivity (Wildman–Crippen MR) is 111 cm³/mol. The number of benzene rings is 1. The van der Waals surface area contributed by atoms with E-state index in [2.05, 4.69) is 25.1 Å². The van der Waals surface area contributed by atoms with Crippen LogP contribution in [0.15, 0.2) is 36.7 Å². The molecule has 0 bridgehead atoms. The van der Waals surface area contributed by atoms with Gasteiger partial charge < -0.3 is 25.3 Å². The van der Waals surface area contributed by atoms with Crippen molar-refractivity contribution in [3.05, 3.63) is 47.8 Å². The Morgan fingerprint density at radius 1 is 1.25 bits per heavy atom. The number of likely N-dealkylation sites (N-methyl/N-ethyl adjacent to an activating group) is 1. The normalized spacial score (nSPS) is 20.0. The fourth-order valence-electron chi connectivity index (χ4n) is 3.62. The van der Waals surface area contributed by atoms with E-state index in [4.69, 9.17) is 0 Å². The second-order valence-electron chi connectivity index (χ2n) is 8.33. The van der Waals surface area contributed by atoms with Gasteiger partial charge in [0.2, 0.25) is 0 Å². The largest absolute Gasteiger partial charge is 0.391 e. The van der Waals surface area contributed by atoms with Crippen molar-refractivity contribution in [1.82, 2.24) is 14.9 Å². The molecule has 152 valence electrons. The van der Waals surface area contributed by atoms with E-state index >= 15 is 0 Å². The van der Waals surface area contributed by atoms with Gasteiger partial charge in [-0.1, -0.05) is 24.3 Å². The van der Waals surface area contributed by atoms with E-state index in [0.717, 1.165) is 35.7 Å². The van der Waals surface area contributed by atoms with Crippen molar-refractivity contribution in [2.24, 2.45) is 0 Å². The first-order valence-corrected chi connectivity index (χ1v) is 9.69. The van der Waals surface area contributed by atoms with Crippen molar-refractivity contribution in [1.29, 1.82) is 0 Å². The molecular weight excluding hydrogens is 354 g/mol. The van der Waals surface area contributed by atoms with Crippen molar-refractivity contribution < 1.29 is 10.2 Å². The minimum absolute atomic E-state index is 0.233. The zero-order valence-electron chi connectivity index (χ0n) is 17.1. The van der Waals surface area contributed by atoms with Crippen LogP contribution < -0.4 is 10.2 Å². The van der Waals surface area contributed by atoms with Gasteiger partial charge in [-0.2, -0.15) is 0 Å². The van der Waals surface area contributed by atoms with Crippen LogP contribution in [-0.4, -0.2) is 64.4 Å². The van der Waals surface area contributed by atoms with Crippen LogP contribution in [0.3, 0.4) is 0 Å². The topological polar surface area (TPSA) is 84.8 Å². The molecule has 0 saturated carbocycles. The maximum Gasteiger partial charge on any atom is 0.134 e. The van der Waals surface area contributed by atoms with Gasteiger partial charge in [-0.3, -0.25) is 0 Å². The number of aromatic nitrogens is 2. The molecule has 0 radical (unpaired) electrons. The smallest absolute Gasteiger partial charge is 0.134 e. The molecule has 0 unspecified atom stereocenters. The molecule has 2 heterocycles. The molecule has 0 spiro atoms. The maximum atomic E-state index is 10.2. The Bertz CT molecular complexity index is 790. The third kappa shape index (κ3) is 5.19. The Balaban J connectivity index is 1.70. The number of β-amino-alcohol motifs (C(OH)–C–C–N with tert-alkyl or cyclic N) is 1. The molecule has 1 aromatic carbocycles. The van der Waals surface area contributed by atoms with Gasteiger partial charge >= 0.3 is 0 Å². The highest BCUT2D eigenvalue weighted by atomic mass is 16.3. The van der Waals surface area contributed by atoms with Crippen LogP contribution in [0.2, 0.25) is 0 Å². The van der Waals surface area contributed by atoms with Gasteiger partial charge in [0.1, 0.15) is 18.0 Å². The van der Waals surface area contributed by atoms with Crippen molar-refractivity contribution in [3.8, 4) is 0 Å². The number of nitrogens with one attached hydrogen (secondary N) is 1. The summed E-state index contributed by atoms with van der Waals surface area (Å²) in [4.78, 5) is 13.0. The highest BCUT2D eigenvalue weighted by molar-refractivity contribution is 5.50. The number of hydrogen-bond acceptors (Lipinski definition) is 7. The number of anilines is 2. The molecule has 3 rings (SSSR count). The summed E-state index contributed by atoms with van der Waals surface area (Å²) in [7, 11) is 4.08. The second kappa shape index (κ2) is 8.43. The summed E-state index contributed by atoms with van der Waals surface area (Å²) < 4.78 is 0. The van der Waals surface area contributed by atoms with Crippen LogP contribution in [0.1, 0.15) is 31.4 Å². The molecule has 1 aliphatic rings. The molecule has 28 heavy (non-hydrogen) atoms. The van der Waals surface area contributed by atoms with E-state index in [0.29, 0.717) is 13.1 Å². The molecule has 1 aromatic heterocycles. The van der Waals surface area contributed by atoms with Crippen molar-refractivity contribution in [3.63, 3.8) is 0 Å². The molecule has 2 atom stereocenters. The second-order valence-corrected chi connectivity index (χ2v) is 8.33. The molecular formula is C21H31N5O2. The summed E-state index contributed by atoms with van der Waals surface area (Å²) >= 11 is 0. The highest BCUT2D eigenvalue weighted by Crippen LogP contribution is 2.26. The van der Waals surface area contributed by atoms with Crippen molar-refractivity contribution >= 4 is 11.6 Å². The van der Waals surface area contributed by atoms with Gasteiger partial charge in [0, 0.05) is 31.7 Å². The average molecular weight is 386 g/mol. The van der Waals surface area contributed by atoms with Crippen molar-refractivity contribution in [2.75, 3.05) is 37.4 Å². The van der Waals surface area contributed by atoms with Crippen LogP contribution >= 0.6 is 0 Å². The lowest BCUT2D eigenvalue weighted by atomic mass is 9.96. The summed E-state index contributed by atoms with van der Waals surface area (Å²) in [5.41, 5.74) is 1.09. The SMILES string of the molecule is CN(C)C[C@H]1C[C@@H](O)CN1c1cc(NCc2cccc(C(C)(C)O)c2)ncn1. The van der Waals surface area contributed by atoms with Gasteiger partial charge in [0.25, 0.3) is 0 Å². The summed E-state index contributed by atoms with van der Waals surface area (Å²) in [5.74, 6) is 1.56. The van der Waals surface area contributed by atoms with Crippen LogP contribution in [0.4, 0.5) is 11.6 Å². The monoisotopic (exact) mass is 385 g/mol. The van der Waals surface area contributed by atoms with Gasteiger partial charge in [-0.25, -0.2) is 9.97 Å². The molecule has 2 aromatic rings. The number of hydrogen-bond donors (Lipinski definition) is 3. The first-order chi connectivity index (χ1) is 13.2. The number of aliphatic hydroxyl groups is 2. The molecule has 7 heteroatoms. The van der Waals surface area contributed by atoms with Crippen LogP contribution in [0.5, 0.6) is 0 Å². The molecule has 1 aliphatic heterocycles.